The van der Waals surface area contributed by atoms with Crippen molar-refractivity contribution in [3.8, 4) is 0 Å². The highest BCUT2D eigenvalue weighted by molar-refractivity contribution is 8.76. The fraction of sp³-hybridized carbons (Fsp3) is 1.00. The van der Waals surface area contributed by atoms with E-state index in [1.807, 2.05) is 17.8 Å². The molecule has 0 aliphatic carbocycles. The Morgan fingerprint density at radius 2 is 2.11 bits per heavy atom. The summed E-state index contributed by atoms with van der Waals surface area (Å²) in [6.45, 7) is 1.15. The summed E-state index contributed by atoms with van der Waals surface area (Å²) in [7, 11) is 9.65. The Labute approximate surface area is 65.3 Å². The van der Waals surface area contributed by atoms with Crippen molar-refractivity contribution in [1.82, 2.24) is 9.62 Å². The Balaban J connectivity index is 2.75. The summed E-state index contributed by atoms with van der Waals surface area (Å²) in [4.78, 5) is 2.18. The molecular formula is C5H14N2S2. The van der Waals surface area contributed by atoms with Gasteiger partial charge in [-0.15, -0.1) is 0 Å². The van der Waals surface area contributed by atoms with Gasteiger partial charge in [0.25, 0.3) is 0 Å². The van der Waals surface area contributed by atoms with Gasteiger partial charge in [0.15, 0.2) is 0 Å². The first-order chi connectivity index (χ1) is 4.27. The van der Waals surface area contributed by atoms with Gasteiger partial charge in [-0.1, -0.05) is 10.8 Å². The van der Waals surface area contributed by atoms with Crippen molar-refractivity contribution in [3.63, 3.8) is 0 Å². The second-order valence-electron chi connectivity index (χ2n) is 1.91. The first kappa shape index (κ1) is 9.62. The lowest BCUT2D eigenvalue weighted by atomic mass is 10.7. The zero-order valence-corrected chi connectivity index (χ0v) is 7.81. The Hall–Kier alpha value is 0.620. The molecule has 0 fully saturated rings. The second-order valence-corrected chi connectivity index (χ2v) is 4.34. The van der Waals surface area contributed by atoms with Crippen molar-refractivity contribution < 1.29 is 0 Å². The van der Waals surface area contributed by atoms with Crippen LogP contribution in [-0.4, -0.2) is 38.3 Å². The highest BCUT2D eigenvalue weighted by atomic mass is 33.1. The van der Waals surface area contributed by atoms with E-state index in [-0.39, 0.29) is 0 Å². The molecule has 1 N–H and O–H groups in total. The van der Waals surface area contributed by atoms with E-state index in [1.54, 1.807) is 11.0 Å². The van der Waals surface area contributed by atoms with E-state index in [1.165, 1.54) is 5.75 Å². The summed E-state index contributed by atoms with van der Waals surface area (Å²) < 4.78 is 3.00. The molecule has 0 amide bonds. The fourth-order valence-electron chi connectivity index (χ4n) is 0.320. The van der Waals surface area contributed by atoms with Crippen molar-refractivity contribution in [2.75, 3.05) is 33.4 Å². The largest absolute Gasteiger partial charge is 0.309 e. The number of nitrogens with zero attached hydrogens (tertiary/aromatic N) is 1. The Kier molecular flexibility index (Phi) is 7.20. The molecule has 0 saturated heterocycles. The summed E-state index contributed by atoms with van der Waals surface area (Å²) in [6.07, 6.45) is 0. The van der Waals surface area contributed by atoms with Crippen molar-refractivity contribution in [3.05, 3.63) is 0 Å². The van der Waals surface area contributed by atoms with E-state index < -0.39 is 0 Å². The number of hydrogen-bond acceptors (Lipinski definition) is 4. The van der Waals surface area contributed by atoms with E-state index in [9.17, 15) is 0 Å². The van der Waals surface area contributed by atoms with Crippen LogP contribution in [0.1, 0.15) is 0 Å². The Morgan fingerprint density at radius 3 is 2.56 bits per heavy atom. The molecule has 0 spiro atoms. The second kappa shape index (κ2) is 6.74. The summed E-state index contributed by atoms with van der Waals surface area (Å²) in [5, 5.41) is 0. The van der Waals surface area contributed by atoms with Crippen molar-refractivity contribution in [2.24, 2.45) is 0 Å². The van der Waals surface area contributed by atoms with Gasteiger partial charge in [0.05, 0.1) is 0 Å². The first-order valence-corrected chi connectivity index (χ1v) is 5.19. The molecule has 0 radical (unpaired) electrons. The maximum atomic E-state index is 3.00. The van der Waals surface area contributed by atoms with E-state index in [0.717, 1.165) is 6.54 Å². The molecule has 0 bridgehead atoms. The van der Waals surface area contributed by atoms with Crippen LogP contribution in [0.3, 0.4) is 0 Å². The van der Waals surface area contributed by atoms with Crippen LogP contribution in [0.5, 0.6) is 0 Å². The quantitative estimate of drug-likeness (QED) is 0.373. The molecule has 0 heterocycles. The van der Waals surface area contributed by atoms with Gasteiger partial charge in [0.2, 0.25) is 0 Å². The van der Waals surface area contributed by atoms with Crippen molar-refractivity contribution in [1.29, 1.82) is 0 Å². The molecule has 0 aliphatic heterocycles. The minimum absolute atomic E-state index is 1.15. The minimum atomic E-state index is 1.15. The molecule has 0 saturated carbocycles. The lowest BCUT2D eigenvalue weighted by Gasteiger charge is -2.06. The van der Waals surface area contributed by atoms with Crippen LogP contribution in [0, 0.1) is 0 Å². The van der Waals surface area contributed by atoms with E-state index in [2.05, 4.69) is 23.7 Å². The van der Waals surface area contributed by atoms with Crippen LogP contribution >= 0.6 is 21.8 Å². The van der Waals surface area contributed by atoms with Crippen LogP contribution in [0.2, 0.25) is 0 Å². The highest BCUT2D eigenvalue weighted by Crippen LogP contribution is 2.14. The SMILES string of the molecule is CNSSCCN(C)C. The molecule has 0 atom stereocenters. The van der Waals surface area contributed by atoms with Crippen LogP contribution in [0.4, 0.5) is 0 Å². The molecule has 9 heavy (non-hydrogen) atoms. The van der Waals surface area contributed by atoms with Gasteiger partial charge in [0, 0.05) is 12.3 Å². The Morgan fingerprint density at radius 1 is 1.44 bits per heavy atom. The average Bonchev–Trinajstić information content (AvgIpc) is 1.80. The molecule has 4 heteroatoms. The lowest BCUT2D eigenvalue weighted by Crippen LogP contribution is -2.14. The van der Waals surface area contributed by atoms with Crippen LogP contribution in [-0.2, 0) is 0 Å². The van der Waals surface area contributed by atoms with Gasteiger partial charge in [0.1, 0.15) is 0 Å². The topological polar surface area (TPSA) is 15.3 Å². The molecule has 0 aromatic rings. The maximum Gasteiger partial charge on any atom is 0.0177 e. The van der Waals surface area contributed by atoms with Gasteiger partial charge in [-0.25, -0.2) is 0 Å². The van der Waals surface area contributed by atoms with Gasteiger partial charge >= 0.3 is 0 Å². The Bertz CT molecular complexity index is 58.9. The summed E-state index contributed by atoms with van der Waals surface area (Å²) in [5.41, 5.74) is 0. The summed E-state index contributed by atoms with van der Waals surface area (Å²) in [5.74, 6) is 1.18. The van der Waals surface area contributed by atoms with Gasteiger partial charge < -0.3 is 4.90 Å². The van der Waals surface area contributed by atoms with Crippen molar-refractivity contribution in [2.45, 2.75) is 0 Å². The third kappa shape index (κ3) is 8.62. The molecule has 0 aromatic carbocycles. The lowest BCUT2D eigenvalue weighted by molar-refractivity contribution is 0.438. The average molecular weight is 166 g/mol. The normalized spacial score (nSPS) is 10.7. The first-order valence-electron chi connectivity index (χ1n) is 2.87. The number of nitrogens with one attached hydrogen (secondary N) is 1. The summed E-state index contributed by atoms with van der Waals surface area (Å²) in [6, 6.07) is 0. The van der Waals surface area contributed by atoms with Crippen molar-refractivity contribution >= 4 is 21.8 Å². The van der Waals surface area contributed by atoms with Crippen LogP contribution < -0.4 is 4.72 Å². The number of hydrogen-bond donors (Lipinski definition) is 1. The highest BCUT2D eigenvalue weighted by Gasteiger charge is 1.89. The van der Waals surface area contributed by atoms with E-state index in [4.69, 9.17) is 0 Å². The van der Waals surface area contributed by atoms with Gasteiger partial charge in [-0.3, -0.25) is 4.72 Å². The fourth-order valence-corrected chi connectivity index (χ4v) is 1.79. The third-order valence-corrected chi connectivity index (χ3v) is 2.75. The van der Waals surface area contributed by atoms with Gasteiger partial charge in [-0.05, 0) is 32.1 Å². The molecule has 0 aliphatic rings. The maximum absolute atomic E-state index is 3.00. The molecule has 0 unspecified atom stereocenters. The van der Waals surface area contributed by atoms with E-state index >= 15 is 0 Å². The molecule has 0 rings (SSSR count). The predicted molar refractivity (Wildman–Crippen MR) is 47.7 cm³/mol. The van der Waals surface area contributed by atoms with Crippen LogP contribution in [0.15, 0.2) is 0 Å². The zero-order valence-electron chi connectivity index (χ0n) is 6.18. The monoisotopic (exact) mass is 166 g/mol. The standard InChI is InChI=1S/C5H14N2S2/c1-6-9-8-5-4-7(2)3/h6H,4-5H2,1-3H3. The zero-order chi connectivity index (χ0) is 7.11. The predicted octanol–water partition coefficient (Wildman–Crippen LogP) is 1.06. The smallest absolute Gasteiger partial charge is 0.0177 e. The van der Waals surface area contributed by atoms with Crippen LogP contribution in [0.25, 0.3) is 0 Å². The molecular weight excluding hydrogens is 152 g/mol. The summed E-state index contributed by atoms with van der Waals surface area (Å²) >= 11 is 0. The third-order valence-electron chi connectivity index (χ3n) is 0.764. The van der Waals surface area contributed by atoms with Gasteiger partial charge in [-0.2, -0.15) is 0 Å². The molecule has 0 aromatic heterocycles. The minimum Gasteiger partial charge on any atom is -0.309 e. The molecule has 56 valence electrons. The number of rotatable bonds is 5. The van der Waals surface area contributed by atoms with E-state index in [0.29, 0.717) is 0 Å². The molecule has 2 nitrogen and oxygen atoms in total.